The maximum atomic E-state index is 11.8. The highest BCUT2D eigenvalue weighted by atomic mass is 35.5. The van der Waals surface area contributed by atoms with E-state index in [1.54, 1.807) is 6.07 Å². The highest BCUT2D eigenvalue weighted by Crippen LogP contribution is 2.25. The Hall–Kier alpha value is -1.75. The van der Waals surface area contributed by atoms with Crippen LogP contribution in [0, 0.1) is 5.92 Å². The van der Waals surface area contributed by atoms with Crippen LogP contribution in [0.25, 0.3) is 0 Å². The summed E-state index contributed by atoms with van der Waals surface area (Å²) in [6, 6.07) is 4.25. The van der Waals surface area contributed by atoms with Gasteiger partial charge in [0.15, 0.2) is 0 Å². The summed E-state index contributed by atoms with van der Waals surface area (Å²) in [5.74, 6) is -0.488. The molecule has 0 bridgehead atoms. The number of carbonyl (C=O) groups is 2. The van der Waals surface area contributed by atoms with Gasteiger partial charge in [0.1, 0.15) is 0 Å². The first kappa shape index (κ1) is 14.7. The predicted molar refractivity (Wildman–Crippen MR) is 77.4 cm³/mol. The van der Waals surface area contributed by atoms with E-state index >= 15 is 0 Å². The van der Waals surface area contributed by atoms with Crippen molar-refractivity contribution in [1.29, 1.82) is 0 Å². The smallest absolute Gasteiger partial charge is 0.337 e. The Morgan fingerprint density at radius 3 is 2.70 bits per heavy atom. The highest BCUT2D eigenvalue weighted by molar-refractivity contribution is 6.33. The minimum Gasteiger partial charge on any atom is -0.478 e. The summed E-state index contributed by atoms with van der Waals surface area (Å²) in [4.78, 5) is 22.8. The molecule has 108 valence electrons. The number of halogens is 1. The van der Waals surface area contributed by atoms with Gasteiger partial charge in [-0.15, -0.1) is 0 Å². The maximum Gasteiger partial charge on any atom is 0.337 e. The molecule has 0 radical (unpaired) electrons. The van der Waals surface area contributed by atoms with E-state index in [1.165, 1.54) is 12.1 Å². The van der Waals surface area contributed by atoms with Crippen LogP contribution < -0.4 is 10.6 Å². The Kier molecular flexibility index (Phi) is 4.49. The van der Waals surface area contributed by atoms with Crippen LogP contribution in [0.1, 0.15) is 36.5 Å². The first-order valence-electron chi connectivity index (χ1n) is 6.56. The molecule has 0 spiro atoms. The molecule has 3 N–H and O–H groups in total. The third kappa shape index (κ3) is 3.63. The fourth-order valence-corrected chi connectivity index (χ4v) is 2.66. The second kappa shape index (κ2) is 6.13. The van der Waals surface area contributed by atoms with Crippen molar-refractivity contribution in [2.24, 2.45) is 5.92 Å². The van der Waals surface area contributed by atoms with Gasteiger partial charge in [-0.3, -0.25) is 0 Å². The lowest BCUT2D eigenvalue weighted by atomic mass is 10.1. The zero-order chi connectivity index (χ0) is 14.7. The van der Waals surface area contributed by atoms with Crippen LogP contribution in [0.15, 0.2) is 18.2 Å². The quantitative estimate of drug-likeness (QED) is 0.800. The van der Waals surface area contributed by atoms with Gasteiger partial charge in [0.2, 0.25) is 0 Å². The highest BCUT2D eigenvalue weighted by Gasteiger charge is 2.22. The molecular formula is C14H17ClN2O3. The molecular weight excluding hydrogens is 280 g/mol. The Balaban J connectivity index is 1.97. The number of nitrogens with one attached hydrogen (secondary N) is 2. The first-order chi connectivity index (χ1) is 9.45. The van der Waals surface area contributed by atoms with Crippen molar-refractivity contribution in [2.75, 3.05) is 5.32 Å². The SMILES string of the molecule is CC1CCC(NC(=O)Nc2ccc(Cl)c(C(=O)O)c2)C1. The fraction of sp³-hybridized carbons (Fsp3) is 0.429. The van der Waals surface area contributed by atoms with Crippen molar-refractivity contribution in [3.63, 3.8) is 0 Å². The van der Waals surface area contributed by atoms with Crippen molar-refractivity contribution < 1.29 is 14.7 Å². The number of hydrogen-bond acceptors (Lipinski definition) is 2. The number of hydrogen-bond donors (Lipinski definition) is 3. The molecule has 1 saturated carbocycles. The van der Waals surface area contributed by atoms with E-state index in [0.29, 0.717) is 11.6 Å². The average Bonchev–Trinajstić information content (AvgIpc) is 2.76. The molecule has 5 nitrogen and oxygen atoms in total. The predicted octanol–water partition coefficient (Wildman–Crippen LogP) is 3.35. The van der Waals surface area contributed by atoms with Gasteiger partial charge in [0.05, 0.1) is 10.6 Å². The van der Waals surface area contributed by atoms with Gasteiger partial charge in [-0.1, -0.05) is 18.5 Å². The molecule has 1 aromatic carbocycles. The van der Waals surface area contributed by atoms with Crippen molar-refractivity contribution >= 4 is 29.3 Å². The molecule has 1 aliphatic carbocycles. The van der Waals surface area contributed by atoms with E-state index in [1.807, 2.05) is 0 Å². The van der Waals surface area contributed by atoms with Gasteiger partial charge in [-0.2, -0.15) is 0 Å². The molecule has 0 aliphatic heterocycles. The van der Waals surface area contributed by atoms with Crippen LogP contribution in [0.2, 0.25) is 5.02 Å². The topological polar surface area (TPSA) is 78.4 Å². The van der Waals surface area contributed by atoms with Crippen LogP contribution in [0.3, 0.4) is 0 Å². The Morgan fingerprint density at radius 1 is 1.35 bits per heavy atom. The summed E-state index contributed by atoms with van der Waals surface area (Å²) < 4.78 is 0. The Morgan fingerprint density at radius 2 is 2.10 bits per heavy atom. The molecule has 2 atom stereocenters. The van der Waals surface area contributed by atoms with E-state index in [0.717, 1.165) is 19.3 Å². The number of benzene rings is 1. The molecule has 1 aliphatic rings. The van der Waals surface area contributed by atoms with E-state index in [2.05, 4.69) is 17.6 Å². The molecule has 20 heavy (non-hydrogen) atoms. The van der Waals surface area contributed by atoms with Gasteiger partial charge in [-0.05, 0) is 43.4 Å². The monoisotopic (exact) mass is 296 g/mol. The normalized spacial score (nSPS) is 21.5. The standard InChI is InChI=1S/C14H17ClN2O3/c1-8-2-3-9(6-8)16-14(20)17-10-4-5-12(15)11(7-10)13(18)19/h4-5,7-9H,2-3,6H2,1H3,(H,18,19)(H2,16,17,20). The van der Waals surface area contributed by atoms with Crippen LogP contribution in [0.4, 0.5) is 10.5 Å². The van der Waals surface area contributed by atoms with Crippen LogP contribution in [-0.2, 0) is 0 Å². The number of urea groups is 1. The summed E-state index contributed by atoms with van der Waals surface area (Å²) in [7, 11) is 0. The molecule has 0 aromatic heterocycles. The van der Waals surface area contributed by atoms with Gasteiger partial charge < -0.3 is 15.7 Å². The van der Waals surface area contributed by atoms with E-state index < -0.39 is 5.97 Å². The minimum absolute atomic E-state index is 0.0287. The largest absolute Gasteiger partial charge is 0.478 e. The molecule has 0 saturated heterocycles. The molecule has 1 aromatic rings. The second-order valence-corrected chi connectivity index (χ2v) is 5.62. The van der Waals surface area contributed by atoms with Crippen molar-refractivity contribution in [3.05, 3.63) is 28.8 Å². The van der Waals surface area contributed by atoms with Gasteiger partial charge in [-0.25, -0.2) is 9.59 Å². The van der Waals surface area contributed by atoms with Crippen molar-refractivity contribution in [2.45, 2.75) is 32.2 Å². The third-order valence-corrected chi connectivity index (χ3v) is 3.81. The Labute approximate surface area is 122 Å². The zero-order valence-corrected chi connectivity index (χ0v) is 11.9. The van der Waals surface area contributed by atoms with Gasteiger partial charge in [0.25, 0.3) is 0 Å². The van der Waals surface area contributed by atoms with Crippen molar-refractivity contribution in [1.82, 2.24) is 5.32 Å². The van der Waals surface area contributed by atoms with Gasteiger partial charge >= 0.3 is 12.0 Å². The van der Waals surface area contributed by atoms with E-state index in [9.17, 15) is 9.59 Å². The molecule has 2 unspecified atom stereocenters. The number of carboxylic acids is 1. The summed E-state index contributed by atoms with van der Waals surface area (Å²) in [5, 5.41) is 14.6. The summed E-state index contributed by atoms with van der Waals surface area (Å²) >= 11 is 5.77. The molecule has 0 heterocycles. The number of rotatable bonds is 3. The summed E-state index contributed by atoms with van der Waals surface area (Å²) in [6.45, 7) is 2.16. The molecule has 6 heteroatoms. The lowest BCUT2D eigenvalue weighted by molar-refractivity contribution is 0.0697. The summed E-state index contributed by atoms with van der Waals surface area (Å²) in [6.07, 6.45) is 3.08. The van der Waals surface area contributed by atoms with E-state index in [4.69, 9.17) is 16.7 Å². The number of amides is 2. The Bertz CT molecular complexity index is 533. The average molecular weight is 297 g/mol. The molecule has 2 rings (SSSR count). The molecule has 1 fully saturated rings. The van der Waals surface area contributed by atoms with Crippen LogP contribution in [0.5, 0.6) is 0 Å². The fourth-order valence-electron chi connectivity index (χ4n) is 2.46. The number of carboxylic acid groups (broad SMARTS) is 1. The van der Waals surface area contributed by atoms with Crippen LogP contribution in [-0.4, -0.2) is 23.1 Å². The number of carbonyl (C=O) groups excluding carboxylic acids is 1. The number of aromatic carboxylic acids is 1. The summed E-state index contributed by atoms with van der Waals surface area (Å²) in [5.41, 5.74) is 0.384. The lowest BCUT2D eigenvalue weighted by Gasteiger charge is -2.14. The third-order valence-electron chi connectivity index (χ3n) is 3.48. The zero-order valence-electron chi connectivity index (χ0n) is 11.1. The minimum atomic E-state index is -1.12. The second-order valence-electron chi connectivity index (χ2n) is 5.21. The number of anilines is 1. The van der Waals surface area contributed by atoms with Gasteiger partial charge in [0, 0.05) is 11.7 Å². The van der Waals surface area contributed by atoms with Crippen molar-refractivity contribution in [3.8, 4) is 0 Å². The lowest BCUT2D eigenvalue weighted by Crippen LogP contribution is -2.36. The van der Waals surface area contributed by atoms with E-state index in [-0.39, 0.29) is 22.7 Å². The maximum absolute atomic E-state index is 11.8. The van der Waals surface area contributed by atoms with Crippen LogP contribution >= 0.6 is 11.6 Å². The first-order valence-corrected chi connectivity index (χ1v) is 6.94. The molecule has 2 amide bonds.